The van der Waals surface area contributed by atoms with Gasteiger partial charge in [0.15, 0.2) is 0 Å². The maximum Gasteiger partial charge on any atom is 0.255 e. The second kappa shape index (κ2) is 8.35. The van der Waals surface area contributed by atoms with E-state index in [0.717, 1.165) is 17.2 Å². The summed E-state index contributed by atoms with van der Waals surface area (Å²) in [5, 5.41) is 2.62. The lowest BCUT2D eigenvalue weighted by molar-refractivity contribution is 0.0992. The van der Waals surface area contributed by atoms with E-state index in [-0.39, 0.29) is 11.3 Å². The Morgan fingerprint density at radius 3 is 2.57 bits per heavy atom. The number of hydrogen-bond acceptors (Lipinski definition) is 3. The fourth-order valence-corrected chi connectivity index (χ4v) is 2.69. The van der Waals surface area contributed by atoms with Crippen molar-refractivity contribution in [1.29, 1.82) is 0 Å². The van der Waals surface area contributed by atoms with Gasteiger partial charge in [-0.2, -0.15) is 0 Å². The largest absolute Gasteiger partial charge is 0.489 e. The van der Waals surface area contributed by atoms with Crippen molar-refractivity contribution >= 4 is 17.5 Å². The van der Waals surface area contributed by atoms with Crippen molar-refractivity contribution in [3.05, 3.63) is 94.8 Å². The van der Waals surface area contributed by atoms with Gasteiger partial charge in [0.2, 0.25) is 0 Å². The van der Waals surface area contributed by atoms with E-state index in [0.29, 0.717) is 17.9 Å². The maximum absolute atomic E-state index is 13.6. The summed E-state index contributed by atoms with van der Waals surface area (Å²) in [6, 6.07) is 18.3. The molecule has 3 N–H and O–H groups in total. The number of nitrogens with one attached hydrogen (secondary N) is 1. The molecule has 6 heteroatoms. The Bertz CT molecular complexity index is 1030. The van der Waals surface area contributed by atoms with Gasteiger partial charge in [0.25, 0.3) is 11.8 Å². The average Bonchev–Trinajstić information content (AvgIpc) is 2.68. The van der Waals surface area contributed by atoms with Crippen molar-refractivity contribution in [2.45, 2.75) is 13.5 Å². The molecule has 28 heavy (non-hydrogen) atoms. The monoisotopic (exact) mass is 378 g/mol. The van der Waals surface area contributed by atoms with Crippen LogP contribution in [0.3, 0.4) is 0 Å². The predicted molar refractivity (Wildman–Crippen MR) is 105 cm³/mol. The molecule has 0 heterocycles. The molecule has 2 amide bonds. The van der Waals surface area contributed by atoms with Gasteiger partial charge in [-0.15, -0.1) is 0 Å². The van der Waals surface area contributed by atoms with Gasteiger partial charge in [-0.05, 0) is 48.9 Å². The number of hydrogen-bond donors (Lipinski definition) is 2. The van der Waals surface area contributed by atoms with Crippen molar-refractivity contribution in [3.63, 3.8) is 0 Å². The first kappa shape index (κ1) is 19.1. The van der Waals surface area contributed by atoms with Crippen LogP contribution in [0.5, 0.6) is 5.75 Å². The molecule has 3 aromatic carbocycles. The number of aryl methyl sites for hydroxylation is 1. The van der Waals surface area contributed by atoms with Gasteiger partial charge < -0.3 is 15.8 Å². The standard InChI is InChI=1S/C22H19FN2O3/c1-14-4-2-5-15(10-14)13-28-18-7-3-6-16(11-18)22(27)25-17-8-9-20(23)19(12-17)21(24)26/h2-12H,13H2,1H3,(H2,24,26)(H,25,27). The third-order valence-corrected chi connectivity index (χ3v) is 4.07. The van der Waals surface area contributed by atoms with Crippen LogP contribution in [0.25, 0.3) is 0 Å². The molecule has 0 bridgehead atoms. The second-order valence-corrected chi connectivity index (χ2v) is 6.32. The van der Waals surface area contributed by atoms with Crippen molar-refractivity contribution in [2.75, 3.05) is 5.32 Å². The van der Waals surface area contributed by atoms with Crippen LogP contribution in [-0.2, 0) is 6.61 Å². The van der Waals surface area contributed by atoms with E-state index in [1.165, 1.54) is 12.1 Å². The molecule has 0 radical (unpaired) electrons. The van der Waals surface area contributed by atoms with E-state index >= 15 is 0 Å². The van der Waals surface area contributed by atoms with E-state index in [9.17, 15) is 14.0 Å². The molecule has 142 valence electrons. The quantitative estimate of drug-likeness (QED) is 0.679. The zero-order valence-electron chi connectivity index (χ0n) is 15.2. The molecule has 3 rings (SSSR count). The molecule has 0 spiro atoms. The molecule has 5 nitrogen and oxygen atoms in total. The molecule has 3 aromatic rings. The number of rotatable bonds is 6. The summed E-state index contributed by atoms with van der Waals surface area (Å²) in [5.74, 6) is -1.51. The van der Waals surface area contributed by atoms with Crippen molar-refractivity contribution in [3.8, 4) is 5.75 Å². The molecule has 0 aliphatic heterocycles. The minimum atomic E-state index is -0.903. The summed E-state index contributed by atoms with van der Waals surface area (Å²) in [4.78, 5) is 23.7. The number of carbonyl (C=O) groups is 2. The van der Waals surface area contributed by atoms with Gasteiger partial charge in [-0.3, -0.25) is 9.59 Å². The summed E-state index contributed by atoms with van der Waals surface area (Å²) in [7, 11) is 0. The molecular weight excluding hydrogens is 359 g/mol. The van der Waals surface area contributed by atoms with E-state index in [4.69, 9.17) is 10.5 Å². The van der Waals surface area contributed by atoms with Crippen molar-refractivity contribution in [2.24, 2.45) is 5.73 Å². The first-order valence-electron chi connectivity index (χ1n) is 8.61. The first-order chi connectivity index (χ1) is 13.4. The number of primary amides is 1. The topological polar surface area (TPSA) is 81.4 Å². The van der Waals surface area contributed by atoms with Crippen LogP contribution >= 0.6 is 0 Å². The minimum absolute atomic E-state index is 0.270. The zero-order valence-corrected chi connectivity index (χ0v) is 15.2. The highest BCUT2D eigenvalue weighted by molar-refractivity contribution is 6.05. The van der Waals surface area contributed by atoms with E-state index in [2.05, 4.69) is 5.32 Å². The first-order valence-corrected chi connectivity index (χ1v) is 8.61. The summed E-state index contributed by atoms with van der Waals surface area (Å²) in [5.41, 5.74) is 7.65. The van der Waals surface area contributed by atoms with Gasteiger partial charge in [-0.25, -0.2) is 4.39 Å². The Morgan fingerprint density at radius 2 is 1.82 bits per heavy atom. The number of benzene rings is 3. The Balaban J connectivity index is 1.70. The molecule has 0 unspecified atom stereocenters. The van der Waals surface area contributed by atoms with Crippen molar-refractivity contribution < 1.29 is 18.7 Å². The highest BCUT2D eigenvalue weighted by Gasteiger charge is 2.12. The van der Waals surface area contributed by atoms with Gasteiger partial charge in [-0.1, -0.05) is 35.9 Å². The molecule has 0 aliphatic rings. The molecular formula is C22H19FN2O3. The lowest BCUT2D eigenvalue weighted by atomic mass is 10.1. The van der Waals surface area contributed by atoms with Crippen LogP contribution in [0.4, 0.5) is 10.1 Å². The Hall–Kier alpha value is -3.67. The lowest BCUT2D eigenvalue weighted by Crippen LogP contribution is -2.16. The van der Waals surface area contributed by atoms with E-state index in [1.807, 2.05) is 31.2 Å². The highest BCUT2D eigenvalue weighted by Crippen LogP contribution is 2.19. The van der Waals surface area contributed by atoms with Crippen LogP contribution in [0.15, 0.2) is 66.7 Å². The van der Waals surface area contributed by atoms with Crippen LogP contribution in [0.1, 0.15) is 31.8 Å². The number of nitrogens with two attached hydrogens (primary N) is 1. The SMILES string of the molecule is Cc1cccc(COc2cccc(C(=O)Nc3ccc(F)c(C(N)=O)c3)c2)c1. The van der Waals surface area contributed by atoms with E-state index < -0.39 is 17.6 Å². The normalized spacial score (nSPS) is 10.4. The van der Waals surface area contributed by atoms with E-state index in [1.54, 1.807) is 24.3 Å². The Labute approximate surface area is 161 Å². The summed E-state index contributed by atoms with van der Waals surface area (Å²) in [6.45, 7) is 2.39. The number of halogens is 1. The smallest absolute Gasteiger partial charge is 0.255 e. The van der Waals surface area contributed by atoms with Crippen molar-refractivity contribution in [1.82, 2.24) is 0 Å². The second-order valence-electron chi connectivity index (χ2n) is 6.32. The third kappa shape index (κ3) is 4.73. The maximum atomic E-state index is 13.6. The van der Waals surface area contributed by atoms with Gasteiger partial charge >= 0.3 is 0 Å². The van der Waals surface area contributed by atoms with Crippen LogP contribution < -0.4 is 15.8 Å². The van der Waals surface area contributed by atoms with Crippen LogP contribution in [0, 0.1) is 12.7 Å². The minimum Gasteiger partial charge on any atom is -0.489 e. The Kier molecular flexibility index (Phi) is 5.69. The molecule has 0 aromatic heterocycles. The van der Waals surface area contributed by atoms with Gasteiger partial charge in [0.05, 0.1) is 5.56 Å². The van der Waals surface area contributed by atoms with Gasteiger partial charge in [0.1, 0.15) is 18.2 Å². The third-order valence-electron chi connectivity index (χ3n) is 4.07. The molecule has 0 aliphatic carbocycles. The highest BCUT2D eigenvalue weighted by atomic mass is 19.1. The zero-order chi connectivity index (χ0) is 20.1. The molecule has 0 saturated carbocycles. The average molecular weight is 378 g/mol. The van der Waals surface area contributed by atoms with Crippen LogP contribution in [-0.4, -0.2) is 11.8 Å². The lowest BCUT2D eigenvalue weighted by Gasteiger charge is -2.10. The Morgan fingerprint density at radius 1 is 1.04 bits per heavy atom. The predicted octanol–water partition coefficient (Wildman–Crippen LogP) is 4.06. The number of ether oxygens (including phenoxy) is 1. The van der Waals surface area contributed by atoms with Crippen LogP contribution in [0.2, 0.25) is 0 Å². The summed E-state index contributed by atoms with van der Waals surface area (Å²) in [6.07, 6.45) is 0. The van der Waals surface area contributed by atoms with Gasteiger partial charge in [0, 0.05) is 11.3 Å². The summed E-state index contributed by atoms with van der Waals surface area (Å²) >= 11 is 0. The molecule has 0 atom stereocenters. The summed E-state index contributed by atoms with van der Waals surface area (Å²) < 4.78 is 19.3. The number of anilines is 1. The molecule has 0 fully saturated rings. The fraction of sp³-hybridized carbons (Fsp3) is 0.0909. The number of amides is 2. The fourth-order valence-electron chi connectivity index (χ4n) is 2.69. The molecule has 0 saturated heterocycles. The number of carbonyl (C=O) groups excluding carboxylic acids is 2.